The van der Waals surface area contributed by atoms with Crippen molar-refractivity contribution in [1.82, 2.24) is 4.90 Å². The zero-order valence-corrected chi connectivity index (χ0v) is 8.47. The number of likely N-dealkylation sites (N-methyl/N-ethyl adjacent to an activating group) is 1. The summed E-state index contributed by atoms with van der Waals surface area (Å²) in [6, 6.07) is 3.53. The first-order valence-corrected chi connectivity index (χ1v) is 4.57. The second kappa shape index (κ2) is 5.19. The smallest absolute Gasteiger partial charge is 0.323 e. The average molecular weight is 211 g/mol. The summed E-state index contributed by atoms with van der Waals surface area (Å²) >= 11 is 0. The summed E-state index contributed by atoms with van der Waals surface area (Å²) in [4.78, 5) is 22.9. The third-order valence-corrected chi connectivity index (χ3v) is 1.96. The molecule has 0 aliphatic rings. The molecule has 1 N–H and O–H groups in total. The van der Waals surface area contributed by atoms with Crippen molar-refractivity contribution >= 4 is 11.9 Å². The SMILES string of the molecule is CN(CC(=O)O)C(=O)CCc1ccco1. The monoisotopic (exact) mass is 211 g/mol. The van der Waals surface area contributed by atoms with Gasteiger partial charge in [0.25, 0.3) is 0 Å². The van der Waals surface area contributed by atoms with Crippen LogP contribution in [0.5, 0.6) is 0 Å². The van der Waals surface area contributed by atoms with Gasteiger partial charge in [0.05, 0.1) is 6.26 Å². The van der Waals surface area contributed by atoms with Gasteiger partial charge >= 0.3 is 5.97 Å². The van der Waals surface area contributed by atoms with E-state index < -0.39 is 5.97 Å². The van der Waals surface area contributed by atoms with Gasteiger partial charge < -0.3 is 14.4 Å². The first-order valence-electron chi connectivity index (χ1n) is 4.57. The number of carboxylic acids is 1. The number of amides is 1. The van der Waals surface area contributed by atoms with Gasteiger partial charge in [0.15, 0.2) is 0 Å². The third kappa shape index (κ3) is 3.84. The van der Waals surface area contributed by atoms with E-state index in [0.29, 0.717) is 6.42 Å². The number of hydrogen-bond donors (Lipinski definition) is 1. The van der Waals surface area contributed by atoms with Crippen LogP contribution < -0.4 is 0 Å². The van der Waals surface area contributed by atoms with Gasteiger partial charge in [-0.2, -0.15) is 0 Å². The lowest BCUT2D eigenvalue weighted by atomic mass is 10.2. The molecule has 1 amide bonds. The van der Waals surface area contributed by atoms with Gasteiger partial charge in [-0.15, -0.1) is 0 Å². The number of carbonyl (C=O) groups is 2. The molecule has 0 fully saturated rings. The molecule has 15 heavy (non-hydrogen) atoms. The quantitative estimate of drug-likeness (QED) is 0.780. The summed E-state index contributed by atoms with van der Waals surface area (Å²) in [5.74, 6) is -0.482. The van der Waals surface area contributed by atoms with Crippen molar-refractivity contribution in [2.24, 2.45) is 0 Å². The summed E-state index contributed by atoms with van der Waals surface area (Å²) in [7, 11) is 1.47. The molecule has 1 heterocycles. The standard InChI is InChI=1S/C10H13NO4/c1-11(7-10(13)14)9(12)5-4-8-3-2-6-15-8/h2-3,6H,4-5,7H2,1H3,(H,13,14). The van der Waals surface area contributed by atoms with Crippen molar-refractivity contribution in [3.63, 3.8) is 0 Å². The minimum atomic E-state index is -1.01. The molecule has 0 aliphatic heterocycles. The molecule has 0 bridgehead atoms. The van der Waals surface area contributed by atoms with Crippen molar-refractivity contribution in [1.29, 1.82) is 0 Å². The van der Waals surface area contributed by atoms with Gasteiger partial charge in [-0.1, -0.05) is 0 Å². The summed E-state index contributed by atoms with van der Waals surface area (Å²) < 4.78 is 5.06. The van der Waals surface area contributed by atoms with Gasteiger partial charge in [-0.25, -0.2) is 0 Å². The van der Waals surface area contributed by atoms with E-state index in [9.17, 15) is 9.59 Å². The average Bonchev–Trinajstić information content (AvgIpc) is 2.65. The van der Waals surface area contributed by atoms with E-state index in [4.69, 9.17) is 9.52 Å². The Kier molecular flexibility index (Phi) is 3.91. The van der Waals surface area contributed by atoms with Crippen LogP contribution in [0, 0.1) is 0 Å². The van der Waals surface area contributed by atoms with Crippen molar-refractivity contribution in [2.45, 2.75) is 12.8 Å². The number of rotatable bonds is 5. The van der Waals surface area contributed by atoms with Gasteiger partial charge in [0, 0.05) is 19.9 Å². The van der Waals surface area contributed by atoms with Crippen LogP contribution in [0.1, 0.15) is 12.2 Å². The summed E-state index contributed by atoms with van der Waals surface area (Å²) in [5.41, 5.74) is 0. The number of aryl methyl sites for hydroxylation is 1. The predicted octanol–water partition coefficient (Wildman–Crippen LogP) is 0.755. The fourth-order valence-electron chi connectivity index (χ4n) is 1.17. The molecule has 0 aliphatic carbocycles. The number of carboxylic acid groups (broad SMARTS) is 1. The molecule has 0 spiro atoms. The molecule has 1 aromatic heterocycles. The lowest BCUT2D eigenvalue weighted by molar-refractivity contribution is -0.143. The Morgan fingerprint density at radius 1 is 1.53 bits per heavy atom. The Morgan fingerprint density at radius 3 is 2.80 bits per heavy atom. The molecule has 5 nitrogen and oxygen atoms in total. The molecule has 0 saturated carbocycles. The highest BCUT2D eigenvalue weighted by molar-refractivity contribution is 5.81. The zero-order valence-electron chi connectivity index (χ0n) is 8.47. The zero-order chi connectivity index (χ0) is 11.3. The Hall–Kier alpha value is -1.78. The fourth-order valence-corrected chi connectivity index (χ4v) is 1.17. The first-order chi connectivity index (χ1) is 7.09. The van der Waals surface area contributed by atoms with Crippen molar-refractivity contribution in [2.75, 3.05) is 13.6 Å². The van der Waals surface area contributed by atoms with Crippen LogP contribution in [0.15, 0.2) is 22.8 Å². The van der Waals surface area contributed by atoms with E-state index >= 15 is 0 Å². The number of carbonyl (C=O) groups excluding carboxylic acids is 1. The van der Waals surface area contributed by atoms with Crippen LogP contribution in [-0.4, -0.2) is 35.5 Å². The van der Waals surface area contributed by atoms with Gasteiger partial charge in [0.2, 0.25) is 5.91 Å². The maximum Gasteiger partial charge on any atom is 0.323 e. The third-order valence-electron chi connectivity index (χ3n) is 1.96. The van der Waals surface area contributed by atoms with E-state index in [-0.39, 0.29) is 18.9 Å². The molecule has 1 rings (SSSR count). The highest BCUT2D eigenvalue weighted by Gasteiger charge is 2.12. The second-order valence-corrected chi connectivity index (χ2v) is 3.22. The first kappa shape index (κ1) is 11.3. The fraction of sp³-hybridized carbons (Fsp3) is 0.400. The molecular weight excluding hydrogens is 198 g/mol. The Labute approximate surface area is 87.3 Å². The van der Waals surface area contributed by atoms with E-state index in [1.807, 2.05) is 0 Å². The van der Waals surface area contributed by atoms with Gasteiger partial charge in [0.1, 0.15) is 12.3 Å². The Morgan fingerprint density at radius 2 is 2.27 bits per heavy atom. The minimum absolute atomic E-state index is 0.200. The molecule has 1 aromatic rings. The Balaban J connectivity index is 2.32. The lowest BCUT2D eigenvalue weighted by Gasteiger charge is -2.13. The summed E-state index contributed by atoms with van der Waals surface area (Å²) in [5, 5.41) is 8.47. The van der Waals surface area contributed by atoms with Crippen LogP contribution in [0.4, 0.5) is 0 Å². The number of hydrogen-bond acceptors (Lipinski definition) is 3. The molecule has 0 saturated heterocycles. The normalized spacial score (nSPS) is 9.93. The highest BCUT2D eigenvalue weighted by atomic mass is 16.4. The molecule has 0 unspecified atom stereocenters. The summed E-state index contributed by atoms with van der Waals surface area (Å²) in [6.45, 7) is -0.267. The van der Waals surface area contributed by atoms with Gasteiger partial charge in [-0.05, 0) is 12.1 Å². The van der Waals surface area contributed by atoms with E-state index in [1.54, 1.807) is 18.4 Å². The molecule has 82 valence electrons. The topological polar surface area (TPSA) is 70.8 Å². The maximum absolute atomic E-state index is 11.4. The molecular formula is C10H13NO4. The highest BCUT2D eigenvalue weighted by Crippen LogP contribution is 2.04. The minimum Gasteiger partial charge on any atom is -0.480 e. The van der Waals surface area contributed by atoms with E-state index in [0.717, 1.165) is 5.76 Å². The number of aliphatic carboxylic acids is 1. The van der Waals surface area contributed by atoms with Crippen LogP contribution >= 0.6 is 0 Å². The molecule has 0 atom stereocenters. The van der Waals surface area contributed by atoms with E-state index in [1.165, 1.54) is 11.9 Å². The largest absolute Gasteiger partial charge is 0.480 e. The number of nitrogens with zero attached hydrogens (tertiary/aromatic N) is 1. The maximum atomic E-state index is 11.4. The van der Waals surface area contributed by atoms with Crippen LogP contribution in [-0.2, 0) is 16.0 Å². The van der Waals surface area contributed by atoms with Gasteiger partial charge in [-0.3, -0.25) is 9.59 Å². The molecule has 0 aromatic carbocycles. The Bertz CT molecular complexity index is 331. The van der Waals surface area contributed by atoms with Crippen molar-refractivity contribution in [3.05, 3.63) is 24.2 Å². The van der Waals surface area contributed by atoms with Crippen LogP contribution in [0.3, 0.4) is 0 Å². The van der Waals surface area contributed by atoms with Crippen molar-refractivity contribution in [3.8, 4) is 0 Å². The van der Waals surface area contributed by atoms with E-state index in [2.05, 4.69) is 0 Å². The predicted molar refractivity (Wildman–Crippen MR) is 52.3 cm³/mol. The number of furan rings is 1. The lowest BCUT2D eigenvalue weighted by Crippen LogP contribution is -2.31. The summed E-state index contributed by atoms with van der Waals surface area (Å²) in [6.07, 6.45) is 2.30. The van der Waals surface area contributed by atoms with Crippen molar-refractivity contribution < 1.29 is 19.1 Å². The molecule has 5 heteroatoms. The van der Waals surface area contributed by atoms with Crippen LogP contribution in [0.2, 0.25) is 0 Å². The second-order valence-electron chi connectivity index (χ2n) is 3.22. The van der Waals surface area contributed by atoms with Crippen LogP contribution in [0.25, 0.3) is 0 Å². The molecule has 0 radical (unpaired) electrons.